The molecular weight excluding hydrogens is 496 g/mol. The van der Waals surface area contributed by atoms with Crippen molar-refractivity contribution in [2.75, 3.05) is 6.54 Å². The number of hydrogen-bond donors (Lipinski definition) is 0. The van der Waals surface area contributed by atoms with Gasteiger partial charge in [-0.2, -0.15) is 0 Å². The molecule has 0 unspecified atom stereocenters. The number of terminal acetylenes is 1. The second kappa shape index (κ2) is 9.34. The molecule has 2 amide bonds. The van der Waals surface area contributed by atoms with Gasteiger partial charge in [0.15, 0.2) is 5.75 Å². The molecule has 1 saturated heterocycles. The summed E-state index contributed by atoms with van der Waals surface area (Å²) in [5, 5.41) is 10.6. The van der Waals surface area contributed by atoms with Gasteiger partial charge in [-0.15, -0.1) is 6.42 Å². The largest absolute Gasteiger partial charge is 0.486 e. The molecule has 0 aromatic heterocycles. The molecule has 7 nitrogen and oxygen atoms in total. The van der Waals surface area contributed by atoms with Gasteiger partial charge in [0, 0.05) is 12.1 Å². The van der Waals surface area contributed by atoms with Crippen molar-refractivity contribution in [3.05, 3.63) is 72.0 Å². The van der Waals surface area contributed by atoms with Gasteiger partial charge in [0.2, 0.25) is 0 Å². The van der Waals surface area contributed by atoms with Gasteiger partial charge in [-0.3, -0.25) is 24.6 Å². The molecule has 0 aliphatic carbocycles. The highest BCUT2D eigenvalue weighted by molar-refractivity contribution is 9.10. The van der Waals surface area contributed by atoms with E-state index in [0.717, 1.165) is 22.2 Å². The maximum atomic E-state index is 12.3. The van der Waals surface area contributed by atoms with Gasteiger partial charge < -0.3 is 4.74 Å². The van der Waals surface area contributed by atoms with E-state index in [1.54, 1.807) is 30.3 Å². The highest BCUT2D eigenvalue weighted by atomic mass is 79.9. The Morgan fingerprint density at radius 2 is 2.00 bits per heavy atom. The summed E-state index contributed by atoms with van der Waals surface area (Å²) in [6.07, 6.45) is 6.74. The van der Waals surface area contributed by atoms with Crippen molar-refractivity contribution in [1.82, 2.24) is 4.90 Å². The molecule has 1 aliphatic rings. The predicted octanol–water partition coefficient (Wildman–Crippen LogP) is 5.26. The molecule has 30 heavy (non-hydrogen) atoms. The van der Waals surface area contributed by atoms with Crippen molar-refractivity contribution in [2.45, 2.75) is 6.61 Å². The van der Waals surface area contributed by atoms with Crippen molar-refractivity contribution < 1.29 is 19.2 Å². The van der Waals surface area contributed by atoms with Crippen LogP contribution in [0.15, 0.2) is 45.8 Å². The molecule has 2 aromatic carbocycles. The van der Waals surface area contributed by atoms with Crippen LogP contribution in [0, 0.1) is 22.5 Å². The standard InChI is InChI=1S/C20H12BrClN2O5S/c1-2-7-23-19(25)17(30-20(23)26)10-13-8-15(21)18(16(22)9-13)29-11-12-3-5-14(6-4-12)24(27)28/h1,3-6,8-10H,7,11H2/b17-10+. The molecule has 152 valence electrons. The number of ether oxygens (including phenoxy) is 1. The van der Waals surface area contributed by atoms with Crippen molar-refractivity contribution in [2.24, 2.45) is 0 Å². The Kier molecular flexibility index (Phi) is 6.82. The van der Waals surface area contributed by atoms with Gasteiger partial charge in [-0.1, -0.05) is 17.5 Å². The molecule has 0 saturated carbocycles. The Morgan fingerprint density at radius 1 is 1.30 bits per heavy atom. The average molecular weight is 508 g/mol. The summed E-state index contributed by atoms with van der Waals surface area (Å²) in [5.41, 5.74) is 1.32. The summed E-state index contributed by atoms with van der Waals surface area (Å²) >= 11 is 10.5. The van der Waals surface area contributed by atoms with Crippen LogP contribution in [0.1, 0.15) is 11.1 Å². The Balaban J connectivity index is 1.76. The first-order chi connectivity index (χ1) is 14.3. The highest BCUT2D eigenvalue weighted by Crippen LogP contribution is 2.38. The van der Waals surface area contributed by atoms with Crippen molar-refractivity contribution in [3.8, 4) is 18.1 Å². The highest BCUT2D eigenvalue weighted by Gasteiger charge is 2.34. The van der Waals surface area contributed by atoms with Crippen molar-refractivity contribution >= 4 is 62.2 Å². The second-order valence-electron chi connectivity index (χ2n) is 6.00. The van der Waals surface area contributed by atoms with E-state index >= 15 is 0 Å². The minimum atomic E-state index is -0.474. The molecule has 1 heterocycles. The van der Waals surface area contributed by atoms with E-state index in [1.165, 1.54) is 12.1 Å². The summed E-state index contributed by atoms with van der Waals surface area (Å²) in [6, 6.07) is 9.29. The number of nitrogens with zero attached hydrogens (tertiary/aromatic N) is 2. The Morgan fingerprint density at radius 3 is 2.60 bits per heavy atom. The monoisotopic (exact) mass is 506 g/mol. The van der Waals surface area contributed by atoms with Gasteiger partial charge in [-0.05, 0) is 69.2 Å². The second-order valence-corrected chi connectivity index (χ2v) is 8.25. The van der Waals surface area contributed by atoms with Crippen LogP contribution in [0.4, 0.5) is 10.5 Å². The molecule has 1 fully saturated rings. The third kappa shape index (κ3) is 4.84. The summed E-state index contributed by atoms with van der Waals surface area (Å²) in [4.78, 5) is 35.6. The number of imide groups is 1. The van der Waals surface area contributed by atoms with E-state index < -0.39 is 16.1 Å². The minimum Gasteiger partial charge on any atom is -0.486 e. The fraction of sp³-hybridized carbons (Fsp3) is 0.100. The van der Waals surface area contributed by atoms with E-state index in [-0.39, 0.29) is 23.7 Å². The number of carbonyl (C=O) groups is 2. The number of benzene rings is 2. The quantitative estimate of drug-likeness (QED) is 0.229. The number of non-ortho nitro benzene ring substituents is 1. The molecule has 10 heteroatoms. The lowest BCUT2D eigenvalue weighted by Crippen LogP contribution is -2.28. The lowest BCUT2D eigenvalue weighted by molar-refractivity contribution is -0.384. The fourth-order valence-corrected chi connectivity index (χ4v) is 4.38. The molecule has 0 N–H and O–H groups in total. The van der Waals surface area contributed by atoms with E-state index in [1.807, 2.05) is 0 Å². The van der Waals surface area contributed by atoms with E-state index in [0.29, 0.717) is 20.8 Å². The van der Waals surface area contributed by atoms with Crippen LogP contribution in [0.25, 0.3) is 6.08 Å². The molecule has 2 aromatic rings. The topological polar surface area (TPSA) is 89.8 Å². The molecular formula is C20H12BrClN2O5S. The van der Waals surface area contributed by atoms with Crippen molar-refractivity contribution in [3.63, 3.8) is 0 Å². The lowest BCUT2D eigenvalue weighted by atomic mass is 10.2. The Labute approximate surface area is 189 Å². The first kappa shape index (κ1) is 21.9. The first-order valence-electron chi connectivity index (χ1n) is 8.34. The number of nitro groups is 1. The van der Waals surface area contributed by atoms with E-state index in [4.69, 9.17) is 22.8 Å². The third-order valence-corrected chi connectivity index (χ3v) is 5.75. The number of nitro benzene ring substituents is 1. The molecule has 0 radical (unpaired) electrons. The number of thioether (sulfide) groups is 1. The van der Waals surface area contributed by atoms with Crippen LogP contribution in [0.5, 0.6) is 5.75 Å². The zero-order valence-corrected chi connectivity index (χ0v) is 18.3. The number of hydrogen-bond acceptors (Lipinski definition) is 6. The fourth-order valence-electron chi connectivity index (χ4n) is 2.55. The smallest absolute Gasteiger partial charge is 0.294 e. The van der Waals surface area contributed by atoms with Gasteiger partial charge in [0.05, 0.1) is 25.9 Å². The summed E-state index contributed by atoms with van der Waals surface area (Å²) in [5.74, 6) is 2.21. The van der Waals surface area contributed by atoms with Gasteiger partial charge in [0.25, 0.3) is 16.8 Å². The van der Waals surface area contributed by atoms with Crippen LogP contribution in [0.3, 0.4) is 0 Å². The van der Waals surface area contributed by atoms with E-state index in [9.17, 15) is 19.7 Å². The average Bonchev–Trinajstić information content (AvgIpc) is 2.95. The third-order valence-electron chi connectivity index (χ3n) is 3.97. The maximum absolute atomic E-state index is 12.3. The lowest BCUT2D eigenvalue weighted by Gasteiger charge is -2.11. The maximum Gasteiger partial charge on any atom is 0.294 e. The zero-order chi connectivity index (χ0) is 21.8. The van der Waals surface area contributed by atoms with Crippen LogP contribution in [-0.4, -0.2) is 27.5 Å². The number of halogens is 2. The van der Waals surface area contributed by atoms with Crippen LogP contribution in [-0.2, 0) is 11.4 Å². The Hall–Kier alpha value is -2.80. The molecule has 1 aliphatic heterocycles. The normalized spacial score (nSPS) is 14.8. The summed E-state index contributed by atoms with van der Waals surface area (Å²) in [6.45, 7) is 0.0719. The SMILES string of the molecule is C#CCN1C(=O)S/C(=C/c2cc(Cl)c(OCc3ccc([N+](=O)[O-])cc3)c(Br)c2)C1=O. The number of amides is 2. The molecule has 0 bridgehead atoms. The minimum absolute atomic E-state index is 0.00558. The van der Waals surface area contributed by atoms with Gasteiger partial charge >= 0.3 is 0 Å². The zero-order valence-electron chi connectivity index (χ0n) is 15.1. The van der Waals surface area contributed by atoms with Gasteiger partial charge in [0.1, 0.15) is 6.61 Å². The Bertz CT molecular complexity index is 1090. The van der Waals surface area contributed by atoms with Crippen molar-refractivity contribution in [1.29, 1.82) is 0 Å². The van der Waals surface area contributed by atoms with Crippen LogP contribution < -0.4 is 4.74 Å². The molecule has 3 rings (SSSR count). The molecule has 0 spiro atoms. The van der Waals surface area contributed by atoms with E-state index in [2.05, 4.69) is 21.9 Å². The summed E-state index contributed by atoms with van der Waals surface area (Å²) < 4.78 is 6.29. The first-order valence-corrected chi connectivity index (χ1v) is 10.3. The number of rotatable bonds is 6. The van der Waals surface area contributed by atoms with Gasteiger partial charge in [-0.25, -0.2) is 0 Å². The van der Waals surface area contributed by atoms with Crippen LogP contribution in [0.2, 0.25) is 5.02 Å². The number of carbonyl (C=O) groups excluding carboxylic acids is 2. The predicted molar refractivity (Wildman–Crippen MR) is 118 cm³/mol. The van der Waals surface area contributed by atoms with Crippen LogP contribution >= 0.6 is 39.3 Å². The summed E-state index contributed by atoms with van der Waals surface area (Å²) in [7, 11) is 0. The molecule has 0 atom stereocenters.